The van der Waals surface area contributed by atoms with Gasteiger partial charge in [0.25, 0.3) is 0 Å². The van der Waals surface area contributed by atoms with Crippen LogP contribution in [0.25, 0.3) is 0 Å². The molecule has 2 bridgehead atoms. The summed E-state index contributed by atoms with van der Waals surface area (Å²) in [5.74, 6) is 1.72. The standard InChI is InChI=1S/C17H27N3O3S/c21-15(10-24-11-16(22)19-9-12-2-1-3-12)18-6-7-20-14-5-4-13(8-14)17(20)23/h12-14H,1-11H2,(H,18,21)(H,19,22)/t13-,14+/m0/s1. The van der Waals surface area contributed by atoms with Crippen LogP contribution < -0.4 is 10.6 Å². The Bertz CT molecular complexity index is 495. The molecule has 0 aromatic rings. The van der Waals surface area contributed by atoms with Crippen molar-refractivity contribution in [2.24, 2.45) is 11.8 Å². The van der Waals surface area contributed by atoms with Gasteiger partial charge < -0.3 is 15.5 Å². The summed E-state index contributed by atoms with van der Waals surface area (Å²) in [4.78, 5) is 37.4. The number of thioether (sulfide) groups is 1. The lowest BCUT2D eigenvalue weighted by Gasteiger charge is -2.27. The zero-order valence-electron chi connectivity index (χ0n) is 14.1. The van der Waals surface area contributed by atoms with Crippen molar-refractivity contribution in [3.63, 3.8) is 0 Å². The molecular weight excluding hydrogens is 326 g/mol. The maximum absolute atomic E-state index is 12.0. The van der Waals surface area contributed by atoms with E-state index in [1.54, 1.807) is 0 Å². The van der Waals surface area contributed by atoms with E-state index in [9.17, 15) is 14.4 Å². The zero-order valence-corrected chi connectivity index (χ0v) is 14.9. The number of likely N-dealkylation sites (tertiary alicyclic amines) is 1. The second kappa shape index (κ2) is 8.23. The first-order valence-electron chi connectivity index (χ1n) is 9.05. The summed E-state index contributed by atoms with van der Waals surface area (Å²) >= 11 is 1.34. The first-order chi connectivity index (χ1) is 11.6. The molecule has 0 unspecified atom stereocenters. The van der Waals surface area contributed by atoms with E-state index in [2.05, 4.69) is 10.6 Å². The summed E-state index contributed by atoms with van der Waals surface area (Å²) in [6.07, 6.45) is 6.86. The fraction of sp³-hybridized carbons (Fsp3) is 0.824. The third-order valence-electron chi connectivity index (χ3n) is 5.43. The van der Waals surface area contributed by atoms with Crippen LogP contribution in [0.3, 0.4) is 0 Å². The maximum Gasteiger partial charge on any atom is 0.230 e. The van der Waals surface area contributed by atoms with Crippen LogP contribution in [-0.4, -0.2) is 59.8 Å². The molecule has 2 aliphatic carbocycles. The molecule has 1 saturated heterocycles. The first-order valence-corrected chi connectivity index (χ1v) is 10.2. The summed E-state index contributed by atoms with van der Waals surface area (Å²) in [5.41, 5.74) is 0. The third-order valence-corrected chi connectivity index (χ3v) is 6.36. The van der Waals surface area contributed by atoms with Gasteiger partial charge in [-0.25, -0.2) is 0 Å². The average molecular weight is 353 g/mol. The monoisotopic (exact) mass is 353 g/mol. The highest BCUT2D eigenvalue weighted by atomic mass is 32.2. The number of hydrogen-bond acceptors (Lipinski definition) is 4. The number of nitrogens with zero attached hydrogens (tertiary/aromatic N) is 1. The van der Waals surface area contributed by atoms with Crippen molar-refractivity contribution in [1.82, 2.24) is 15.5 Å². The van der Waals surface area contributed by atoms with Crippen LogP contribution in [0, 0.1) is 11.8 Å². The molecule has 2 N–H and O–H groups in total. The molecule has 1 aliphatic heterocycles. The van der Waals surface area contributed by atoms with E-state index in [-0.39, 0.29) is 29.4 Å². The van der Waals surface area contributed by atoms with Crippen LogP contribution in [0.15, 0.2) is 0 Å². The fourth-order valence-electron chi connectivity index (χ4n) is 3.78. The lowest BCUT2D eigenvalue weighted by atomic mass is 9.85. The van der Waals surface area contributed by atoms with E-state index in [0.717, 1.165) is 25.8 Å². The molecule has 3 rings (SSSR count). The molecule has 7 heteroatoms. The molecular formula is C17H27N3O3S. The predicted molar refractivity (Wildman–Crippen MR) is 93.5 cm³/mol. The van der Waals surface area contributed by atoms with Crippen LogP contribution in [0.1, 0.15) is 38.5 Å². The first kappa shape index (κ1) is 17.6. The molecule has 3 fully saturated rings. The van der Waals surface area contributed by atoms with Gasteiger partial charge in [0, 0.05) is 31.6 Å². The molecule has 134 valence electrons. The number of rotatable bonds is 9. The minimum absolute atomic E-state index is 0.0124. The van der Waals surface area contributed by atoms with Crippen molar-refractivity contribution in [3.8, 4) is 0 Å². The highest BCUT2D eigenvalue weighted by Crippen LogP contribution is 2.37. The molecule has 0 aromatic carbocycles. The van der Waals surface area contributed by atoms with Gasteiger partial charge in [-0.15, -0.1) is 11.8 Å². The Balaban J connectivity index is 1.21. The third kappa shape index (κ3) is 4.43. The molecule has 0 spiro atoms. The minimum atomic E-state index is -0.0661. The van der Waals surface area contributed by atoms with E-state index in [1.807, 2.05) is 4.90 Å². The Morgan fingerprint density at radius 2 is 1.83 bits per heavy atom. The Morgan fingerprint density at radius 3 is 2.46 bits per heavy atom. The summed E-state index contributed by atoms with van der Waals surface area (Å²) < 4.78 is 0. The van der Waals surface area contributed by atoms with E-state index < -0.39 is 0 Å². The normalized spacial score (nSPS) is 25.7. The number of hydrogen-bond donors (Lipinski definition) is 2. The van der Waals surface area contributed by atoms with Gasteiger partial charge >= 0.3 is 0 Å². The second-order valence-corrected chi connectivity index (χ2v) is 8.12. The van der Waals surface area contributed by atoms with E-state index in [4.69, 9.17) is 0 Å². The molecule has 3 amide bonds. The van der Waals surface area contributed by atoms with Crippen molar-refractivity contribution in [1.29, 1.82) is 0 Å². The topological polar surface area (TPSA) is 78.5 Å². The summed E-state index contributed by atoms with van der Waals surface area (Å²) in [7, 11) is 0. The van der Waals surface area contributed by atoms with Gasteiger partial charge in [-0.05, 0) is 38.0 Å². The van der Waals surface area contributed by atoms with Gasteiger partial charge in [0.2, 0.25) is 17.7 Å². The zero-order chi connectivity index (χ0) is 16.9. The molecule has 2 atom stereocenters. The van der Waals surface area contributed by atoms with Crippen molar-refractivity contribution >= 4 is 29.5 Å². The van der Waals surface area contributed by atoms with Crippen molar-refractivity contribution < 1.29 is 14.4 Å². The van der Waals surface area contributed by atoms with Crippen LogP contribution in [-0.2, 0) is 14.4 Å². The molecule has 1 heterocycles. The molecule has 0 aromatic heterocycles. The van der Waals surface area contributed by atoms with Gasteiger partial charge in [-0.2, -0.15) is 0 Å². The van der Waals surface area contributed by atoms with Crippen LogP contribution in [0.4, 0.5) is 0 Å². The van der Waals surface area contributed by atoms with Gasteiger partial charge in [-0.1, -0.05) is 6.42 Å². The quantitative estimate of drug-likeness (QED) is 0.642. The average Bonchev–Trinajstić information content (AvgIpc) is 3.08. The number of carbonyl (C=O) groups excluding carboxylic acids is 3. The molecule has 6 nitrogen and oxygen atoms in total. The maximum atomic E-state index is 12.0. The van der Waals surface area contributed by atoms with Crippen molar-refractivity contribution in [3.05, 3.63) is 0 Å². The Hall–Kier alpha value is -1.24. The number of nitrogens with one attached hydrogen (secondary N) is 2. The minimum Gasteiger partial charge on any atom is -0.355 e. The van der Waals surface area contributed by atoms with Crippen LogP contribution in [0.2, 0.25) is 0 Å². The van der Waals surface area contributed by atoms with Gasteiger partial charge in [0.15, 0.2) is 0 Å². The highest BCUT2D eigenvalue weighted by Gasteiger charge is 2.43. The Morgan fingerprint density at radius 1 is 1.08 bits per heavy atom. The summed E-state index contributed by atoms with van der Waals surface area (Å²) in [5, 5.41) is 5.77. The highest BCUT2D eigenvalue weighted by molar-refractivity contribution is 8.00. The summed E-state index contributed by atoms with van der Waals surface area (Å²) in [6.45, 7) is 1.89. The lowest BCUT2D eigenvalue weighted by Crippen LogP contribution is -2.42. The molecule has 2 saturated carbocycles. The largest absolute Gasteiger partial charge is 0.355 e. The number of amides is 3. The second-order valence-electron chi connectivity index (χ2n) is 7.14. The van der Waals surface area contributed by atoms with Crippen molar-refractivity contribution in [2.45, 2.75) is 44.6 Å². The predicted octanol–water partition coefficient (Wildman–Crippen LogP) is 0.763. The lowest BCUT2D eigenvalue weighted by molar-refractivity contribution is -0.134. The van der Waals surface area contributed by atoms with Crippen LogP contribution >= 0.6 is 11.8 Å². The Kier molecular flexibility index (Phi) is 6.03. The van der Waals surface area contributed by atoms with Gasteiger partial charge in [0.05, 0.1) is 11.5 Å². The molecule has 0 radical (unpaired) electrons. The fourth-order valence-corrected chi connectivity index (χ4v) is 4.46. The van der Waals surface area contributed by atoms with Crippen LogP contribution in [0.5, 0.6) is 0 Å². The van der Waals surface area contributed by atoms with E-state index in [1.165, 1.54) is 31.0 Å². The number of piperidine rings is 1. The van der Waals surface area contributed by atoms with E-state index >= 15 is 0 Å². The number of carbonyl (C=O) groups is 3. The SMILES string of the molecule is O=C(CSCC(=O)NCC1CCC1)NCCN1C(=O)[C@H]2CC[C@@H]1C2. The molecule has 24 heavy (non-hydrogen) atoms. The van der Waals surface area contributed by atoms with Crippen molar-refractivity contribution in [2.75, 3.05) is 31.1 Å². The smallest absolute Gasteiger partial charge is 0.230 e. The van der Waals surface area contributed by atoms with Gasteiger partial charge in [-0.3, -0.25) is 14.4 Å². The van der Waals surface area contributed by atoms with E-state index in [0.29, 0.717) is 30.8 Å². The molecule has 3 aliphatic rings. The van der Waals surface area contributed by atoms with Gasteiger partial charge in [0.1, 0.15) is 0 Å². The number of fused-ring (bicyclic) bond motifs is 2. The Labute approximate surface area is 147 Å². The summed E-state index contributed by atoms with van der Waals surface area (Å²) in [6, 6.07) is 0.396.